The van der Waals surface area contributed by atoms with Gasteiger partial charge in [0.05, 0.1) is 31.1 Å². The Morgan fingerprint density at radius 1 is 0.889 bits per heavy atom. The summed E-state index contributed by atoms with van der Waals surface area (Å²) in [4.78, 5) is 0. The van der Waals surface area contributed by atoms with E-state index in [1.165, 1.54) is 0 Å². The standard InChI is InChI=1S/C23H32N2O.HI/c1-18(2)25(5,19(3)4)17-16-23(22(24)26,20-12-8-6-9-13-20)21-14-10-7-11-15-21;/h6-15,18-19H,16-17H2,1-5H3,(H-,24,26);1H. The molecule has 0 aliphatic rings. The van der Waals surface area contributed by atoms with E-state index in [-0.39, 0.29) is 24.0 Å². The van der Waals surface area contributed by atoms with Crippen molar-refractivity contribution >= 4 is 29.9 Å². The molecule has 0 unspecified atom stereocenters. The summed E-state index contributed by atoms with van der Waals surface area (Å²) >= 11 is 0. The highest BCUT2D eigenvalue weighted by atomic mass is 127. The first kappa shape index (κ1) is 23.6. The number of halogens is 1. The summed E-state index contributed by atoms with van der Waals surface area (Å²) in [5.41, 5.74) is 0.891. The Balaban J connectivity index is 0.00000364. The molecule has 0 spiro atoms. The maximum absolute atomic E-state index is 12.8. The van der Waals surface area contributed by atoms with Gasteiger partial charge in [-0.2, -0.15) is 0 Å². The molecular weight excluding hydrogens is 447 g/mol. The van der Waals surface area contributed by atoms with Crippen LogP contribution in [0.3, 0.4) is 0 Å². The Morgan fingerprint density at radius 3 is 1.56 bits per heavy atom. The largest absolute Gasteiger partial charge is 0.861 e. The number of nitrogens with one attached hydrogen (secondary N) is 1. The highest BCUT2D eigenvalue weighted by molar-refractivity contribution is 14.0. The average molecular weight is 480 g/mol. The summed E-state index contributed by atoms with van der Waals surface area (Å²) in [5, 5.41) is 21.0. The molecule has 0 heterocycles. The molecule has 0 aliphatic carbocycles. The predicted molar refractivity (Wildman–Crippen MR) is 123 cm³/mol. The van der Waals surface area contributed by atoms with Gasteiger partial charge in [-0.3, -0.25) is 0 Å². The van der Waals surface area contributed by atoms with Crippen LogP contribution in [0.15, 0.2) is 60.7 Å². The molecule has 4 heteroatoms. The lowest BCUT2D eigenvalue weighted by Crippen LogP contribution is -2.57. The maximum Gasteiger partial charge on any atom is 0.0833 e. The van der Waals surface area contributed by atoms with E-state index in [2.05, 4.69) is 34.7 Å². The summed E-state index contributed by atoms with van der Waals surface area (Å²) < 4.78 is 0.870. The van der Waals surface area contributed by atoms with Gasteiger partial charge >= 0.3 is 0 Å². The topological polar surface area (TPSA) is 46.9 Å². The molecule has 0 aromatic heterocycles. The number of rotatable bonds is 8. The maximum atomic E-state index is 12.8. The third-order valence-electron chi connectivity index (χ3n) is 6.25. The molecule has 0 atom stereocenters. The Kier molecular flexibility index (Phi) is 8.48. The van der Waals surface area contributed by atoms with E-state index < -0.39 is 11.3 Å². The van der Waals surface area contributed by atoms with Crippen LogP contribution in [-0.4, -0.2) is 36.1 Å². The first-order valence-electron chi connectivity index (χ1n) is 9.47. The molecule has 0 aliphatic heterocycles. The quantitative estimate of drug-likeness (QED) is 0.256. The summed E-state index contributed by atoms with van der Waals surface area (Å²) in [6.45, 7) is 9.76. The SMILES string of the molecule is CC(C)[N+](C)(CCC(C(=N)[O-])(c1ccccc1)c1ccccc1)C(C)C.I. The van der Waals surface area contributed by atoms with Crippen molar-refractivity contribution in [1.82, 2.24) is 0 Å². The van der Waals surface area contributed by atoms with Gasteiger partial charge in [0.2, 0.25) is 0 Å². The monoisotopic (exact) mass is 480 g/mol. The molecule has 148 valence electrons. The van der Waals surface area contributed by atoms with Crippen LogP contribution in [0.1, 0.15) is 45.2 Å². The van der Waals surface area contributed by atoms with Gasteiger partial charge in [0.15, 0.2) is 0 Å². The normalized spacial score (nSPS) is 12.1. The fourth-order valence-electron chi connectivity index (χ4n) is 3.80. The zero-order valence-corrected chi connectivity index (χ0v) is 19.4. The van der Waals surface area contributed by atoms with Crippen LogP contribution < -0.4 is 5.11 Å². The lowest BCUT2D eigenvalue weighted by Gasteiger charge is -2.46. The van der Waals surface area contributed by atoms with Crippen LogP contribution >= 0.6 is 24.0 Å². The van der Waals surface area contributed by atoms with Crippen LogP contribution in [0, 0.1) is 5.41 Å². The minimum Gasteiger partial charge on any atom is -0.861 e. The smallest absolute Gasteiger partial charge is 0.0833 e. The first-order chi connectivity index (χ1) is 12.2. The van der Waals surface area contributed by atoms with Gasteiger partial charge in [0, 0.05) is 6.42 Å². The van der Waals surface area contributed by atoms with Crippen LogP contribution in [0.5, 0.6) is 0 Å². The first-order valence-corrected chi connectivity index (χ1v) is 9.47. The molecule has 0 amide bonds. The van der Waals surface area contributed by atoms with Gasteiger partial charge in [-0.1, -0.05) is 60.7 Å². The molecule has 2 aromatic rings. The minimum absolute atomic E-state index is 0. The van der Waals surface area contributed by atoms with Gasteiger partial charge < -0.3 is 15.0 Å². The number of nitrogens with zero attached hydrogens (tertiary/aromatic N) is 1. The van der Waals surface area contributed by atoms with E-state index >= 15 is 0 Å². The second-order valence-corrected chi connectivity index (χ2v) is 7.97. The van der Waals surface area contributed by atoms with Crippen molar-refractivity contribution < 1.29 is 9.59 Å². The molecule has 2 rings (SSSR count). The molecule has 0 fully saturated rings. The van der Waals surface area contributed by atoms with Crippen LogP contribution in [0.4, 0.5) is 0 Å². The number of hydrogen-bond acceptors (Lipinski definition) is 2. The second kappa shape index (κ2) is 9.69. The fourth-order valence-corrected chi connectivity index (χ4v) is 3.80. The molecule has 27 heavy (non-hydrogen) atoms. The fraction of sp³-hybridized carbons (Fsp3) is 0.435. The highest BCUT2D eigenvalue weighted by Gasteiger charge is 2.39. The molecule has 3 nitrogen and oxygen atoms in total. The van der Waals surface area contributed by atoms with E-state index in [1.54, 1.807) is 0 Å². The molecular formula is C23H33IN2O. The zero-order valence-electron chi connectivity index (χ0n) is 17.1. The third-order valence-corrected chi connectivity index (χ3v) is 6.25. The predicted octanol–water partition coefficient (Wildman–Crippen LogP) is 4.58. The third kappa shape index (κ3) is 4.72. The highest BCUT2D eigenvalue weighted by Crippen LogP contribution is 2.37. The van der Waals surface area contributed by atoms with Crippen LogP contribution in [-0.2, 0) is 5.41 Å². The van der Waals surface area contributed by atoms with Crippen LogP contribution in [0.2, 0.25) is 0 Å². The van der Waals surface area contributed by atoms with Gasteiger partial charge in [-0.25, -0.2) is 0 Å². The van der Waals surface area contributed by atoms with E-state index in [0.717, 1.165) is 22.2 Å². The molecule has 0 saturated heterocycles. The van der Waals surface area contributed by atoms with Gasteiger partial charge in [0.25, 0.3) is 0 Å². The van der Waals surface area contributed by atoms with Gasteiger partial charge in [0.1, 0.15) is 0 Å². The van der Waals surface area contributed by atoms with Crippen molar-refractivity contribution in [2.24, 2.45) is 0 Å². The molecule has 0 saturated carbocycles. The van der Waals surface area contributed by atoms with Crippen LogP contribution in [0.25, 0.3) is 0 Å². The minimum atomic E-state index is -0.925. The van der Waals surface area contributed by atoms with E-state index in [0.29, 0.717) is 18.5 Å². The van der Waals surface area contributed by atoms with Gasteiger partial charge in [-0.05, 0) is 44.7 Å². The lowest BCUT2D eigenvalue weighted by molar-refractivity contribution is -0.949. The zero-order chi connectivity index (χ0) is 19.4. The Morgan fingerprint density at radius 2 is 1.26 bits per heavy atom. The van der Waals surface area contributed by atoms with E-state index in [1.807, 2.05) is 60.7 Å². The summed E-state index contributed by atoms with van der Waals surface area (Å²) in [5.74, 6) is -0.533. The molecule has 0 radical (unpaired) electrons. The lowest BCUT2D eigenvalue weighted by atomic mass is 9.71. The summed E-state index contributed by atoms with van der Waals surface area (Å²) in [6, 6.07) is 20.5. The molecule has 2 aromatic carbocycles. The Bertz CT molecular complexity index is 666. The molecule has 0 bridgehead atoms. The number of hydrogen-bond donors (Lipinski definition) is 1. The second-order valence-electron chi connectivity index (χ2n) is 7.97. The Labute approximate surface area is 181 Å². The summed E-state index contributed by atoms with van der Waals surface area (Å²) in [6.07, 6.45) is 0.621. The van der Waals surface area contributed by atoms with Crippen molar-refractivity contribution in [1.29, 1.82) is 5.41 Å². The van der Waals surface area contributed by atoms with Crippen molar-refractivity contribution in [2.75, 3.05) is 13.6 Å². The van der Waals surface area contributed by atoms with Gasteiger partial charge in [-0.15, -0.1) is 24.0 Å². The van der Waals surface area contributed by atoms with Crippen molar-refractivity contribution in [2.45, 2.75) is 51.6 Å². The summed E-state index contributed by atoms with van der Waals surface area (Å²) in [7, 11) is 2.25. The molecule has 1 N–H and O–H groups in total. The Hall–Kier alpha value is -1.40. The van der Waals surface area contributed by atoms with Crippen molar-refractivity contribution in [3.8, 4) is 0 Å². The average Bonchev–Trinajstić information content (AvgIpc) is 2.63. The van der Waals surface area contributed by atoms with E-state index in [4.69, 9.17) is 5.41 Å². The number of benzene rings is 2. The van der Waals surface area contributed by atoms with Crippen molar-refractivity contribution in [3.63, 3.8) is 0 Å². The van der Waals surface area contributed by atoms with Crippen molar-refractivity contribution in [3.05, 3.63) is 71.8 Å². The number of quaternary nitrogens is 1. The van der Waals surface area contributed by atoms with E-state index in [9.17, 15) is 5.11 Å².